The fraction of sp³-hybridized carbons (Fsp3) is 0.708. The first-order valence-electron chi connectivity index (χ1n) is 22.6. The monoisotopic (exact) mass is 887 g/mol. The van der Waals surface area contributed by atoms with Crippen LogP contribution in [0.2, 0.25) is 5.02 Å². The van der Waals surface area contributed by atoms with Gasteiger partial charge in [0.25, 0.3) is 11.7 Å². The number of fused-ring (bicyclic) bond motifs is 3. The Morgan fingerprint density at radius 2 is 1.60 bits per heavy atom. The lowest BCUT2D eigenvalue weighted by Crippen LogP contribution is -2.64. The number of halogens is 1. The predicted octanol–water partition coefficient (Wildman–Crippen LogP) is 6.56. The quantitative estimate of drug-likeness (QED) is 0.153. The van der Waals surface area contributed by atoms with E-state index in [1.807, 2.05) is 39.8 Å². The maximum Gasteiger partial charge on any atom is 0.329 e. The number of carbonyl (C=O) groups excluding carboxylic acids is 4. The minimum atomic E-state index is -2.52. The molecule has 3 N–H and O–H groups in total. The second-order valence-electron chi connectivity index (χ2n) is 18.5. The first kappa shape index (κ1) is 49.8. The molecule has 14 heteroatoms. The van der Waals surface area contributed by atoms with Crippen LogP contribution in [0.5, 0.6) is 5.75 Å². The highest BCUT2D eigenvalue weighted by Gasteiger charge is 2.56. The Morgan fingerprint density at radius 1 is 0.919 bits per heavy atom. The SMILES string of the molecule is CCC1/C=C(\C)CC(C)CC(OC)C2OC(O)(C(=O)C(=O)N3CCCCC3C(=O)OC(C(C)=CC3CCC(O)C(Oc4ccc(Cl)cc4)C3)C(C)C(O)CC1=O)C(C)CC2OC. The molecule has 1 amide bonds. The highest BCUT2D eigenvalue weighted by molar-refractivity contribution is 6.39. The molecule has 2 saturated heterocycles. The number of allylic oxidation sites excluding steroid dienone is 3. The van der Waals surface area contributed by atoms with Crippen LogP contribution in [0.15, 0.2) is 47.6 Å². The molecule has 13 nitrogen and oxygen atoms in total. The van der Waals surface area contributed by atoms with Crippen molar-refractivity contribution in [1.82, 2.24) is 4.90 Å². The lowest BCUT2D eigenvalue weighted by molar-refractivity contribution is -0.302. The fourth-order valence-corrected chi connectivity index (χ4v) is 10.1. The third-order valence-corrected chi connectivity index (χ3v) is 13.9. The van der Waals surface area contributed by atoms with Crippen molar-refractivity contribution < 1.29 is 58.2 Å². The Labute approximate surface area is 372 Å². The van der Waals surface area contributed by atoms with Gasteiger partial charge in [-0.25, -0.2) is 4.79 Å². The number of piperidine rings is 1. The average molecular weight is 889 g/mol. The number of cyclic esters (lactones) is 1. The van der Waals surface area contributed by atoms with Crippen LogP contribution in [0.1, 0.15) is 112 Å². The van der Waals surface area contributed by atoms with Crippen LogP contribution < -0.4 is 4.74 Å². The average Bonchev–Trinajstić information content (AvgIpc) is 3.25. The van der Waals surface area contributed by atoms with E-state index in [0.29, 0.717) is 67.7 Å². The van der Waals surface area contributed by atoms with E-state index >= 15 is 0 Å². The summed E-state index contributed by atoms with van der Waals surface area (Å²) in [5.74, 6) is -7.18. The number of benzene rings is 1. The first-order chi connectivity index (χ1) is 29.4. The highest BCUT2D eigenvalue weighted by atomic mass is 35.5. The normalized spacial score (nSPS) is 38.6. The predicted molar refractivity (Wildman–Crippen MR) is 233 cm³/mol. The fourth-order valence-electron chi connectivity index (χ4n) is 9.95. The van der Waals surface area contributed by atoms with Gasteiger partial charge in [0.2, 0.25) is 5.79 Å². The van der Waals surface area contributed by atoms with Gasteiger partial charge in [0.05, 0.1) is 24.4 Å². The molecule has 1 aromatic rings. The molecule has 14 unspecified atom stereocenters. The largest absolute Gasteiger partial charge is 0.488 e. The van der Waals surface area contributed by atoms with Crippen molar-refractivity contribution >= 4 is 35.0 Å². The number of aliphatic hydroxyl groups is 3. The standard InChI is InChI=1S/C48H70ClNO12/c1-9-33-21-27(2)20-28(3)22-41(58-7)44-42(59-8)24-30(5)48(57,62-44)45(54)46(55)50-19-11-10-12-36(50)47(56)61-43(31(6)38(52)26-39(33)53)29(4)23-32-13-18-37(51)40(25-32)60-35-16-14-34(49)15-17-35/h14-17,21,23,28,30-33,36-38,40-44,51-52,57H,9-13,18-20,22,24-26H2,1-8H3/b27-21+,29-23?. The smallest absolute Gasteiger partial charge is 0.329 e. The second kappa shape index (κ2) is 22.1. The second-order valence-corrected chi connectivity index (χ2v) is 18.9. The lowest BCUT2D eigenvalue weighted by Gasteiger charge is -2.47. The summed E-state index contributed by atoms with van der Waals surface area (Å²) < 4.78 is 30.5. The first-order valence-corrected chi connectivity index (χ1v) is 23.0. The van der Waals surface area contributed by atoms with Crippen molar-refractivity contribution in [2.45, 2.75) is 167 Å². The summed E-state index contributed by atoms with van der Waals surface area (Å²) in [5.41, 5.74) is 1.62. The Hall–Kier alpha value is -3.17. The maximum atomic E-state index is 14.4. The van der Waals surface area contributed by atoms with Gasteiger partial charge in [-0.15, -0.1) is 0 Å². The van der Waals surface area contributed by atoms with E-state index in [-0.39, 0.29) is 43.4 Å². The Kier molecular flexibility index (Phi) is 17.8. The van der Waals surface area contributed by atoms with E-state index in [4.69, 9.17) is 35.3 Å². The number of ketones is 2. The van der Waals surface area contributed by atoms with Gasteiger partial charge in [0.1, 0.15) is 35.9 Å². The summed E-state index contributed by atoms with van der Waals surface area (Å²) in [6.07, 6.45) is 2.97. The van der Waals surface area contributed by atoms with Crippen LogP contribution in [-0.2, 0) is 38.1 Å². The number of Topliss-reactive ketones (excluding diaryl/α,β-unsaturated/α-hetero) is 2. The molecule has 1 saturated carbocycles. The van der Waals surface area contributed by atoms with E-state index < -0.39 is 90.0 Å². The van der Waals surface area contributed by atoms with Gasteiger partial charge in [0, 0.05) is 50.0 Å². The minimum absolute atomic E-state index is 0.0221. The molecule has 1 aliphatic carbocycles. The third kappa shape index (κ3) is 11.9. The van der Waals surface area contributed by atoms with E-state index in [1.165, 1.54) is 19.1 Å². The van der Waals surface area contributed by atoms with Crippen LogP contribution in [0.4, 0.5) is 0 Å². The molecule has 0 spiro atoms. The molecule has 0 radical (unpaired) electrons. The summed E-state index contributed by atoms with van der Waals surface area (Å²) in [5, 5.41) is 35.3. The number of nitrogens with zero attached hydrogens (tertiary/aromatic N) is 1. The molecule has 5 rings (SSSR count). The summed E-state index contributed by atoms with van der Waals surface area (Å²) in [6, 6.07) is 5.77. The third-order valence-electron chi connectivity index (χ3n) is 13.7. The van der Waals surface area contributed by atoms with Gasteiger partial charge in [-0.3, -0.25) is 14.4 Å². The Balaban J connectivity index is 1.50. The van der Waals surface area contributed by atoms with Crippen LogP contribution in [0.25, 0.3) is 0 Å². The van der Waals surface area contributed by atoms with Crippen LogP contribution in [0.3, 0.4) is 0 Å². The topological polar surface area (TPSA) is 178 Å². The van der Waals surface area contributed by atoms with Gasteiger partial charge >= 0.3 is 5.97 Å². The summed E-state index contributed by atoms with van der Waals surface area (Å²) in [7, 11) is 3.06. The van der Waals surface area contributed by atoms with E-state index in [0.717, 1.165) is 5.57 Å². The molecule has 62 heavy (non-hydrogen) atoms. The number of esters is 1. The lowest BCUT2D eigenvalue weighted by atomic mass is 9.81. The zero-order valence-corrected chi connectivity index (χ0v) is 38.6. The molecule has 4 aliphatic rings. The van der Waals surface area contributed by atoms with Crippen molar-refractivity contribution in [3.05, 3.63) is 52.6 Å². The molecule has 0 aromatic heterocycles. The number of aliphatic hydroxyl groups excluding tert-OH is 2. The van der Waals surface area contributed by atoms with E-state index in [9.17, 15) is 34.5 Å². The van der Waals surface area contributed by atoms with Crippen LogP contribution in [-0.4, -0.2) is 119 Å². The number of amides is 1. The van der Waals surface area contributed by atoms with Crippen molar-refractivity contribution in [2.75, 3.05) is 20.8 Å². The van der Waals surface area contributed by atoms with Crippen molar-refractivity contribution in [3.8, 4) is 5.75 Å². The maximum absolute atomic E-state index is 14.4. The van der Waals surface area contributed by atoms with E-state index in [2.05, 4.69) is 0 Å². The number of methoxy groups -OCH3 is 2. The summed E-state index contributed by atoms with van der Waals surface area (Å²) >= 11 is 6.07. The van der Waals surface area contributed by atoms with Gasteiger partial charge < -0.3 is 43.9 Å². The summed E-state index contributed by atoms with van der Waals surface area (Å²) in [4.78, 5) is 58.2. The summed E-state index contributed by atoms with van der Waals surface area (Å²) in [6.45, 7) is 11.2. The van der Waals surface area contributed by atoms with Crippen LogP contribution >= 0.6 is 11.6 Å². The number of ether oxygens (including phenoxy) is 5. The van der Waals surface area contributed by atoms with Crippen molar-refractivity contribution in [2.24, 2.45) is 29.6 Å². The van der Waals surface area contributed by atoms with E-state index in [1.54, 1.807) is 38.1 Å². The number of hydrogen-bond acceptors (Lipinski definition) is 12. The molecular formula is C48H70ClNO12. The van der Waals surface area contributed by atoms with Crippen molar-refractivity contribution in [3.63, 3.8) is 0 Å². The zero-order chi connectivity index (χ0) is 45.5. The highest BCUT2D eigenvalue weighted by Crippen LogP contribution is 2.39. The molecular weight excluding hydrogens is 818 g/mol. The number of hydrogen-bond donors (Lipinski definition) is 3. The van der Waals surface area contributed by atoms with Crippen LogP contribution in [0, 0.1) is 29.6 Å². The number of rotatable bonds is 7. The molecule has 14 atom stereocenters. The molecule has 1 aromatic carbocycles. The van der Waals surface area contributed by atoms with Gasteiger partial charge in [-0.05, 0) is 120 Å². The van der Waals surface area contributed by atoms with Gasteiger partial charge in [0.15, 0.2) is 0 Å². The molecule has 3 heterocycles. The molecule has 3 fully saturated rings. The Morgan fingerprint density at radius 3 is 2.26 bits per heavy atom. The molecule has 346 valence electrons. The van der Waals surface area contributed by atoms with Gasteiger partial charge in [-0.2, -0.15) is 0 Å². The van der Waals surface area contributed by atoms with Gasteiger partial charge in [-0.1, -0.05) is 57.0 Å². The molecule has 2 bridgehead atoms. The number of carbonyl (C=O) groups is 4. The molecule has 3 aliphatic heterocycles. The Bertz CT molecular complexity index is 1770. The minimum Gasteiger partial charge on any atom is -0.488 e. The van der Waals surface area contributed by atoms with Crippen molar-refractivity contribution in [1.29, 1.82) is 0 Å². The zero-order valence-electron chi connectivity index (χ0n) is 37.8.